The number of hydrogen-bond acceptors (Lipinski definition) is 1. The van der Waals surface area contributed by atoms with Crippen LogP contribution in [0.1, 0.15) is 5.56 Å². The van der Waals surface area contributed by atoms with Crippen molar-refractivity contribution in [3.63, 3.8) is 0 Å². The number of carbonyl (C=O) groups is 1. The van der Waals surface area contributed by atoms with Crippen molar-refractivity contribution in [1.29, 1.82) is 0 Å². The Balaban J connectivity index is 3.14. The van der Waals surface area contributed by atoms with Crippen LogP contribution in [-0.2, 0) is 4.79 Å². The first-order chi connectivity index (χ1) is 6.50. The predicted molar refractivity (Wildman–Crippen MR) is 48.0 cm³/mol. The van der Waals surface area contributed by atoms with Crippen LogP contribution in [0.4, 0.5) is 8.78 Å². The van der Waals surface area contributed by atoms with Crippen molar-refractivity contribution in [2.24, 2.45) is 0 Å². The molecule has 0 aromatic heterocycles. The molecule has 0 amide bonds. The van der Waals surface area contributed by atoms with Crippen molar-refractivity contribution in [3.8, 4) is 0 Å². The lowest BCUT2D eigenvalue weighted by Crippen LogP contribution is -1.90. The van der Waals surface area contributed by atoms with E-state index in [2.05, 4.69) is 0 Å². The largest absolute Gasteiger partial charge is 0.478 e. The van der Waals surface area contributed by atoms with E-state index in [-0.39, 0.29) is 10.6 Å². The summed E-state index contributed by atoms with van der Waals surface area (Å²) >= 11 is 5.34. The average Bonchev–Trinajstić information content (AvgIpc) is 2.08. The molecule has 0 saturated heterocycles. The van der Waals surface area contributed by atoms with E-state index in [1.807, 2.05) is 0 Å². The lowest BCUT2D eigenvalue weighted by Gasteiger charge is -1.99. The molecular formula is C9H5ClF2O2. The molecule has 14 heavy (non-hydrogen) atoms. The summed E-state index contributed by atoms with van der Waals surface area (Å²) in [5.74, 6) is -2.81. The summed E-state index contributed by atoms with van der Waals surface area (Å²) in [5, 5.41) is 7.89. The molecule has 74 valence electrons. The first kappa shape index (κ1) is 10.7. The normalized spacial score (nSPS) is 10.8. The number of rotatable bonds is 2. The fourth-order valence-electron chi connectivity index (χ4n) is 0.858. The second kappa shape index (κ2) is 4.19. The van der Waals surface area contributed by atoms with Gasteiger partial charge >= 0.3 is 5.97 Å². The van der Waals surface area contributed by atoms with Crippen LogP contribution < -0.4 is 0 Å². The molecule has 0 unspecified atom stereocenters. The summed E-state index contributed by atoms with van der Waals surface area (Å²) in [4.78, 5) is 10.1. The van der Waals surface area contributed by atoms with Crippen LogP contribution in [0.25, 0.3) is 6.08 Å². The van der Waals surface area contributed by atoms with E-state index in [1.165, 1.54) is 0 Å². The summed E-state index contributed by atoms with van der Waals surface area (Å²) < 4.78 is 25.8. The molecule has 0 saturated carbocycles. The third-order valence-electron chi connectivity index (χ3n) is 1.43. The summed E-state index contributed by atoms with van der Waals surface area (Å²) in [6.07, 6.45) is 1.64. The van der Waals surface area contributed by atoms with Crippen LogP contribution in [0.5, 0.6) is 0 Å². The van der Waals surface area contributed by atoms with Gasteiger partial charge in [-0.05, 0) is 18.2 Å². The van der Waals surface area contributed by atoms with Crippen molar-refractivity contribution in [2.45, 2.75) is 0 Å². The van der Waals surface area contributed by atoms with Gasteiger partial charge in [-0.1, -0.05) is 11.6 Å². The number of halogens is 3. The zero-order valence-electron chi connectivity index (χ0n) is 6.80. The van der Waals surface area contributed by atoms with Gasteiger partial charge in [-0.25, -0.2) is 13.6 Å². The molecule has 5 heteroatoms. The van der Waals surface area contributed by atoms with E-state index in [1.54, 1.807) is 0 Å². The van der Waals surface area contributed by atoms with E-state index in [0.717, 1.165) is 18.2 Å². The molecule has 1 aromatic rings. The first-order valence-electron chi connectivity index (χ1n) is 3.56. The van der Waals surface area contributed by atoms with E-state index in [4.69, 9.17) is 16.7 Å². The van der Waals surface area contributed by atoms with E-state index >= 15 is 0 Å². The Kier molecular flexibility index (Phi) is 3.19. The summed E-state index contributed by atoms with van der Waals surface area (Å²) in [7, 11) is 0. The number of aliphatic carboxylic acids is 1. The van der Waals surface area contributed by atoms with E-state index in [0.29, 0.717) is 6.08 Å². The highest BCUT2D eigenvalue weighted by atomic mass is 35.5. The molecule has 0 bridgehead atoms. The van der Waals surface area contributed by atoms with Gasteiger partial charge in [-0.3, -0.25) is 0 Å². The standard InChI is InChI=1S/C9H5ClF2O2/c10-7-4-6(11)3-5(9(7)12)1-2-8(13)14/h1-4H,(H,13,14)/b2-1+. The molecule has 0 aliphatic rings. The fraction of sp³-hybridized carbons (Fsp3) is 0. The summed E-state index contributed by atoms with van der Waals surface area (Å²) in [6, 6.07) is 1.68. The Morgan fingerprint density at radius 3 is 2.64 bits per heavy atom. The average molecular weight is 219 g/mol. The number of benzene rings is 1. The highest BCUT2D eigenvalue weighted by Crippen LogP contribution is 2.21. The Hall–Kier alpha value is -1.42. The first-order valence-corrected chi connectivity index (χ1v) is 3.94. The minimum atomic E-state index is -1.25. The van der Waals surface area contributed by atoms with Gasteiger partial charge in [0.05, 0.1) is 5.02 Å². The van der Waals surface area contributed by atoms with Crippen molar-refractivity contribution >= 4 is 23.6 Å². The number of hydrogen-bond donors (Lipinski definition) is 1. The lowest BCUT2D eigenvalue weighted by atomic mass is 10.2. The third kappa shape index (κ3) is 2.53. The van der Waals surface area contributed by atoms with Crippen LogP contribution in [0.3, 0.4) is 0 Å². The van der Waals surface area contributed by atoms with Crippen LogP contribution >= 0.6 is 11.6 Å². The molecule has 0 radical (unpaired) electrons. The van der Waals surface area contributed by atoms with Gasteiger partial charge in [0.1, 0.15) is 11.6 Å². The van der Waals surface area contributed by atoms with Gasteiger partial charge in [-0.15, -0.1) is 0 Å². The third-order valence-corrected chi connectivity index (χ3v) is 1.70. The molecule has 1 rings (SSSR count). The second-order valence-electron chi connectivity index (χ2n) is 2.46. The molecule has 0 atom stereocenters. The molecule has 0 fully saturated rings. The quantitative estimate of drug-likeness (QED) is 0.612. The summed E-state index contributed by atoms with van der Waals surface area (Å²) in [5.41, 5.74) is -0.197. The van der Waals surface area contributed by atoms with Gasteiger partial charge in [0.25, 0.3) is 0 Å². The maximum absolute atomic E-state index is 13.1. The minimum absolute atomic E-state index is 0.197. The monoisotopic (exact) mass is 218 g/mol. The van der Waals surface area contributed by atoms with Crippen LogP contribution in [0, 0.1) is 11.6 Å². The Bertz CT molecular complexity index is 402. The van der Waals surface area contributed by atoms with Crippen molar-refractivity contribution < 1.29 is 18.7 Å². The second-order valence-corrected chi connectivity index (χ2v) is 2.87. The molecular weight excluding hydrogens is 214 g/mol. The molecule has 0 aliphatic heterocycles. The van der Waals surface area contributed by atoms with Crippen LogP contribution in [0.2, 0.25) is 5.02 Å². The minimum Gasteiger partial charge on any atom is -0.478 e. The Morgan fingerprint density at radius 2 is 2.07 bits per heavy atom. The molecule has 2 nitrogen and oxygen atoms in total. The smallest absolute Gasteiger partial charge is 0.328 e. The topological polar surface area (TPSA) is 37.3 Å². The zero-order valence-corrected chi connectivity index (χ0v) is 7.55. The molecule has 0 aliphatic carbocycles. The molecule has 0 spiro atoms. The SMILES string of the molecule is O=C(O)/C=C/c1cc(F)cc(Cl)c1F. The predicted octanol–water partition coefficient (Wildman–Crippen LogP) is 2.72. The fourth-order valence-corrected chi connectivity index (χ4v) is 1.07. The van der Waals surface area contributed by atoms with E-state index < -0.39 is 17.6 Å². The highest BCUT2D eigenvalue weighted by Gasteiger charge is 2.07. The molecule has 1 N–H and O–H groups in total. The van der Waals surface area contributed by atoms with Crippen molar-refractivity contribution in [1.82, 2.24) is 0 Å². The Labute approximate surface area is 83.4 Å². The van der Waals surface area contributed by atoms with Crippen molar-refractivity contribution in [3.05, 3.63) is 40.4 Å². The molecule has 0 heterocycles. The van der Waals surface area contributed by atoms with Gasteiger partial charge in [0, 0.05) is 11.6 Å². The van der Waals surface area contributed by atoms with Crippen LogP contribution in [-0.4, -0.2) is 11.1 Å². The van der Waals surface area contributed by atoms with E-state index in [9.17, 15) is 13.6 Å². The van der Waals surface area contributed by atoms with Gasteiger partial charge in [-0.2, -0.15) is 0 Å². The maximum Gasteiger partial charge on any atom is 0.328 e. The van der Waals surface area contributed by atoms with Crippen LogP contribution in [0.15, 0.2) is 18.2 Å². The lowest BCUT2D eigenvalue weighted by molar-refractivity contribution is -0.131. The number of carboxylic acids is 1. The zero-order chi connectivity index (χ0) is 10.7. The number of carboxylic acid groups (broad SMARTS) is 1. The molecule has 1 aromatic carbocycles. The van der Waals surface area contributed by atoms with Gasteiger partial charge in [0.2, 0.25) is 0 Å². The van der Waals surface area contributed by atoms with Crippen molar-refractivity contribution in [2.75, 3.05) is 0 Å². The Morgan fingerprint density at radius 1 is 1.43 bits per heavy atom. The van der Waals surface area contributed by atoms with Gasteiger partial charge < -0.3 is 5.11 Å². The van der Waals surface area contributed by atoms with Gasteiger partial charge in [0.15, 0.2) is 0 Å². The maximum atomic E-state index is 13.1. The highest BCUT2D eigenvalue weighted by molar-refractivity contribution is 6.30. The summed E-state index contributed by atoms with van der Waals surface area (Å²) in [6.45, 7) is 0.